The lowest BCUT2D eigenvalue weighted by molar-refractivity contribution is 0.0555. The molecule has 0 aliphatic heterocycles. The number of ether oxygens (including phenoxy) is 1. The Morgan fingerprint density at radius 2 is 2.05 bits per heavy atom. The largest absolute Gasteiger partial charge is 0.508 e. The molecule has 5 nitrogen and oxygen atoms in total. The van der Waals surface area contributed by atoms with Gasteiger partial charge in [-0.3, -0.25) is 0 Å². The summed E-state index contributed by atoms with van der Waals surface area (Å²) in [5, 5.41) is 13.6. The molecule has 2 aromatic rings. The lowest BCUT2D eigenvalue weighted by atomic mass is 10.1. The molecular formula is C14H18N2O3. The van der Waals surface area contributed by atoms with Crippen LogP contribution in [0, 0.1) is 5.92 Å². The minimum Gasteiger partial charge on any atom is -0.508 e. The van der Waals surface area contributed by atoms with E-state index in [1.165, 1.54) is 0 Å². The molecule has 1 aromatic carbocycles. The van der Waals surface area contributed by atoms with E-state index in [-0.39, 0.29) is 17.8 Å². The maximum absolute atomic E-state index is 9.71. The van der Waals surface area contributed by atoms with Crippen LogP contribution >= 0.6 is 0 Å². The zero-order valence-electron chi connectivity index (χ0n) is 11.3. The highest BCUT2D eigenvalue weighted by Gasteiger charge is 2.21. The molecule has 2 rings (SSSR count). The Kier molecular flexibility index (Phi) is 4.16. The maximum atomic E-state index is 9.71. The summed E-state index contributed by atoms with van der Waals surface area (Å²) in [5.41, 5.74) is 0.760. The van der Waals surface area contributed by atoms with Crippen molar-refractivity contribution in [3.63, 3.8) is 0 Å². The van der Waals surface area contributed by atoms with E-state index in [0.717, 1.165) is 5.56 Å². The Morgan fingerprint density at radius 3 is 2.68 bits per heavy atom. The fourth-order valence-corrected chi connectivity index (χ4v) is 1.95. The van der Waals surface area contributed by atoms with Crippen molar-refractivity contribution in [2.75, 3.05) is 7.11 Å². The van der Waals surface area contributed by atoms with Gasteiger partial charge in [-0.15, -0.1) is 0 Å². The van der Waals surface area contributed by atoms with Crippen LogP contribution in [0.2, 0.25) is 0 Å². The molecule has 0 saturated heterocycles. The highest BCUT2D eigenvalue weighted by atomic mass is 16.5. The molecule has 0 saturated carbocycles. The fraction of sp³-hybridized carbons (Fsp3) is 0.429. The average molecular weight is 262 g/mol. The second-order valence-corrected chi connectivity index (χ2v) is 4.75. The van der Waals surface area contributed by atoms with E-state index in [2.05, 4.69) is 10.1 Å². The summed E-state index contributed by atoms with van der Waals surface area (Å²) in [6, 6.07) is 7.10. The number of para-hydroxylation sites is 1. The van der Waals surface area contributed by atoms with Gasteiger partial charge >= 0.3 is 0 Å². The van der Waals surface area contributed by atoms with Gasteiger partial charge in [-0.25, -0.2) is 0 Å². The van der Waals surface area contributed by atoms with E-state index < -0.39 is 0 Å². The van der Waals surface area contributed by atoms with Crippen LogP contribution in [-0.4, -0.2) is 22.4 Å². The minimum absolute atomic E-state index is 0.179. The molecule has 1 N–H and O–H groups in total. The standard InChI is InChI=1S/C14H18N2O3/c1-9(2)13(18-3)14-15-12(19-16-14)8-10-6-4-5-7-11(10)17/h4-7,9,13,17H,8H2,1-3H3. The molecular weight excluding hydrogens is 244 g/mol. The molecule has 0 spiro atoms. The molecule has 19 heavy (non-hydrogen) atoms. The number of benzene rings is 1. The van der Waals surface area contributed by atoms with Crippen LogP contribution in [0.25, 0.3) is 0 Å². The second kappa shape index (κ2) is 5.84. The first-order valence-electron chi connectivity index (χ1n) is 6.24. The number of phenols is 1. The second-order valence-electron chi connectivity index (χ2n) is 4.75. The van der Waals surface area contributed by atoms with Crippen LogP contribution < -0.4 is 0 Å². The molecule has 0 amide bonds. The number of nitrogens with zero attached hydrogens (tertiary/aromatic N) is 2. The first kappa shape index (κ1) is 13.5. The molecule has 1 unspecified atom stereocenters. The van der Waals surface area contributed by atoms with E-state index in [1.807, 2.05) is 26.0 Å². The molecule has 5 heteroatoms. The van der Waals surface area contributed by atoms with E-state index in [1.54, 1.807) is 19.2 Å². The molecule has 0 radical (unpaired) electrons. The molecule has 0 aliphatic carbocycles. The quantitative estimate of drug-likeness (QED) is 0.897. The summed E-state index contributed by atoms with van der Waals surface area (Å²) in [4.78, 5) is 4.33. The van der Waals surface area contributed by atoms with Gasteiger partial charge in [-0.1, -0.05) is 37.2 Å². The zero-order chi connectivity index (χ0) is 13.8. The van der Waals surface area contributed by atoms with Crippen LogP contribution in [0.5, 0.6) is 5.75 Å². The summed E-state index contributed by atoms with van der Waals surface area (Å²) < 4.78 is 10.6. The van der Waals surface area contributed by atoms with Crippen LogP contribution in [0.3, 0.4) is 0 Å². The van der Waals surface area contributed by atoms with Crippen molar-refractivity contribution in [3.8, 4) is 5.75 Å². The molecule has 1 aromatic heterocycles. The summed E-state index contributed by atoms with van der Waals surface area (Å²) in [7, 11) is 1.63. The molecule has 0 fully saturated rings. The van der Waals surface area contributed by atoms with E-state index >= 15 is 0 Å². The van der Waals surface area contributed by atoms with Gasteiger partial charge in [0.25, 0.3) is 0 Å². The number of aromatic nitrogens is 2. The topological polar surface area (TPSA) is 68.4 Å². The van der Waals surface area contributed by atoms with E-state index in [9.17, 15) is 5.11 Å². The molecule has 102 valence electrons. The van der Waals surface area contributed by atoms with Gasteiger partial charge < -0.3 is 14.4 Å². The van der Waals surface area contributed by atoms with Gasteiger partial charge in [0.2, 0.25) is 11.7 Å². The predicted octanol–water partition coefficient (Wildman–Crippen LogP) is 2.71. The smallest absolute Gasteiger partial charge is 0.231 e. The van der Waals surface area contributed by atoms with Crippen LogP contribution in [0.1, 0.15) is 37.2 Å². The van der Waals surface area contributed by atoms with Gasteiger partial charge in [0.1, 0.15) is 11.9 Å². The van der Waals surface area contributed by atoms with Crippen molar-refractivity contribution in [2.24, 2.45) is 5.92 Å². The van der Waals surface area contributed by atoms with Crippen molar-refractivity contribution >= 4 is 0 Å². The number of rotatable bonds is 5. The van der Waals surface area contributed by atoms with Crippen LogP contribution in [-0.2, 0) is 11.2 Å². The first-order valence-corrected chi connectivity index (χ1v) is 6.24. The number of hydrogen-bond donors (Lipinski definition) is 1. The van der Waals surface area contributed by atoms with E-state index in [4.69, 9.17) is 9.26 Å². The number of hydrogen-bond acceptors (Lipinski definition) is 5. The number of methoxy groups -OCH3 is 1. The Morgan fingerprint density at radius 1 is 1.32 bits per heavy atom. The fourth-order valence-electron chi connectivity index (χ4n) is 1.95. The van der Waals surface area contributed by atoms with Crippen LogP contribution in [0.15, 0.2) is 28.8 Å². The Hall–Kier alpha value is -1.88. The Labute approximate surface area is 112 Å². The molecule has 1 heterocycles. The van der Waals surface area contributed by atoms with E-state index in [0.29, 0.717) is 18.1 Å². The molecule has 1 atom stereocenters. The Balaban J connectivity index is 2.16. The SMILES string of the molecule is COC(c1noc(Cc2ccccc2O)n1)C(C)C. The third-order valence-corrected chi connectivity index (χ3v) is 2.93. The van der Waals surface area contributed by atoms with Gasteiger partial charge in [0, 0.05) is 12.7 Å². The highest BCUT2D eigenvalue weighted by Crippen LogP contribution is 2.24. The highest BCUT2D eigenvalue weighted by molar-refractivity contribution is 5.33. The maximum Gasteiger partial charge on any atom is 0.231 e. The van der Waals surface area contributed by atoms with Crippen molar-refractivity contribution in [1.82, 2.24) is 10.1 Å². The monoisotopic (exact) mass is 262 g/mol. The van der Waals surface area contributed by atoms with Crippen molar-refractivity contribution in [1.29, 1.82) is 0 Å². The van der Waals surface area contributed by atoms with Crippen molar-refractivity contribution in [3.05, 3.63) is 41.5 Å². The van der Waals surface area contributed by atoms with Gasteiger partial charge in [0.15, 0.2) is 0 Å². The zero-order valence-corrected chi connectivity index (χ0v) is 11.3. The van der Waals surface area contributed by atoms with Crippen molar-refractivity contribution < 1.29 is 14.4 Å². The van der Waals surface area contributed by atoms with Crippen molar-refractivity contribution in [2.45, 2.75) is 26.4 Å². The third-order valence-electron chi connectivity index (χ3n) is 2.93. The van der Waals surface area contributed by atoms with Crippen LogP contribution in [0.4, 0.5) is 0 Å². The summed E-state index contributed by atoms with van der Waals surface area (Å²) in [6.45, 7) is 4.07. The predicted molar refractivity (Wildman–Crippen MR) is 69.8 cm³/mol. The summed E-state index contributed by atoms with van der Waals surface area (Å²) in [5.74, 6) is 1.51. The minimum atomic E-state index is -0.179. The van der Waals surface area contributed by atoms with Gasteiger partial charge in [-0.05, 0) is 12.0 Å². The van der Waals surface area contributed by atoms with Gasteiger partial charge in [-0.2, -0.15) is 4.98 Å². The normalized spacial score (nSPS) is 12.8. The number of phenolic OH excluding ortho intramolecular Hbond substituents is 1. The molecule has 0 bridgehead atoms. The average Bonchev–Trinajstić information content (AvgIpc) is 2.81. The van der Waals surface area contributed by atoms with Gasteiger partial charge in [0.05, 0.1) is 6.42 Å². The summed E-state index contributed by atoms with van der Waals surface area (Å²) >= 11 is 0. The first-order chi connectivity index (χ1) is 9.11. The summed E-state index contributed by atoms with van der Waals surface area (Å²) in [6.07, 6.45) is 0.232. The Bertz CT molecular complexity index is 537. The lowest BCUT2D eigenvalue weighted by Crippen LogP contribution is -2.10. The molecule has 0 aliphatic rings. The lowest BCUT2D eigenvalue weighted by Gasteiger charge is -2.14. The number of aromatic hydroxyl groups is 1. The third kappa shape index (κ3) is 3.12.